The molecule has 0 radical (unpaired) electrons. The van der Waals surface area contributed by atoms with Crippen molar-refractivity contribution in [1.29, 1.82) is 0 Å². The number of carbonyl (C=O) groups is 2. The zero-order valence-electron chi connectivity index (χ0n) is 20.2. The van der Waals surface area contributed by atoms with Crippen LogP contribution in [0.15, 0.2) is 97.1 Å². The van der Waals surface area contributed by atoms with Gasteiger partial charge in [0.25, 0.3) is 5.91 Å². The Bertz CT molecular complexity index is 1640. The van der Waals surface area contributed by atoms with Crippen molar-refractivity contribution in [3.63, 3.8) is 0 Å². The highest BCUT2D eigenvalue weighted by atomic mass is 35.5. The van der Waals surface area contributed by atoms with E-state index in [2.05, 4.69) is 5.32 Å². The van der Waals surface area contributed by atoms with Crippen LogP contribution in [-0.2, 0) is 9.53 Å². The zero-order chi connectivity index (χ0) is 26.6. The summed E-state index contributed by atoms with van der Waals surface area (Å²) in [6.07, 6.45) is -1.08. The molecule has 0 saturated heterocycles. The number of amides is 1. The monoisotopic (exact) mass is 541 g/mol. The molecule has 4 aromatic carbocycles. The van der Waals surface area contributed by atoms with Gasteiger partial charge in [0.1, 0.15) is 0 Å². The van der Waals surface area contributed by atoms with E-state index < -0.39 is 18.0 Å². The number of halogens is 2. The molecule has 1 N–H and O–H groups in total. The number of nitrogens with zero attached hydrogens (tertiary/aromatic N) is 2. The van der Waals surface area contributed by atoms with Gasteiger partial charge in [0, 0.05) is 11.1 Å². The van der Waals surface area contributed by atoms with Gasteiger partial charge in [-0.2, -0.15) is 0 Å². The molecule has 0 aliphatic rings. The lowest BCUT2D eigenvalue weighted by molar-refractivity contribution is -0.123. The summed E-state index contributed by atoms with van der Waals surface area (Å²) < 4.78 is 5.42. The number of hydrogen-bond acceptors (Lipinski definition) is 5. The molecule has 0 aliphatic heterocycles. The predicted molar refractivity (Wildman–Crippen MR) is 150 cm³/mol. The van der Waals surface area contributed by atoms with Crippen molar-refractivity contribution in [2.45, 2.75) is 13.0 Å². The van der Waals surface area contributed by atoms with Crippen LogP contribution >= 0.6 is 23.2 Å². The van der Waals surface area contributed by atoms with Crippen LogP contribution < -0.4 is 5.32 Å². The van der Waals surface area contributed by atoms with E-state index in [0.29, 0.717) is 27.4 Å². The number of ether oxygens (including phenoxy) is 1. The van der Waals surface area contributed by atoms with Gasteiger partial charge in [0.15, 0.2) is 6.10 Å². The van der Waals surface area contributed by atoms with Gasteiger partial charge >= 0.3 is 5.97 Å². The highest BCUT2D eigenvalue weighted by Crippen LogP contribution is 2.32. The molecule has 5 rings (SSSR count). The van der Waals surface area contributed by atoms with Crippen molar-refractivity contribution in [2.75, 3.05) is 5.32 Å². The van der Waals surface area contributed by atoms with Crippen molar-refractivity contribution in [3.05, 3.63) is 113 Å². The summed E-state index contributed by atoms with van der Waals surface area (Å²) in [5, 5.41) is 3.14. The molecule has 0 bridgehead atoms. The first-order valence-electron chi connectivity index (χ1n) is 11.8. The average molecular weight is 542 g/mol. The lowest BCUT2D eigenvalue weighted by Crippen LogP contribution is -2.30. The SMILES string of the molecule is CC(OC(=O)c1ccc2nc(-c3ccccc3)c(-c3ccccc3)nc2c1)C(=O)Nc1cccc(Cl)c1Cl. The first kappa shape index (κ1) is 25.4. The van der Waals surface area contributed by atoms with E-state index in [1.807, 2.05) is 60.7 Å². The van der Waals surface area contributed by atoms with Gasteiger partial charge in [-0.25, -0.2) is 14.8 Å². The number of hydrogen-bond donors (Lipinski definition) is 1. The fourth-order valence-electron chi connectivity index (χ4n) is 3.89. The van der Waals surface area contributed by atoms with E-state index in [1.165, 1.54) is 6.92 Å². The normalized spacial score (nSPS) is 11.7. The number of aromatic nitrogens is 2. The van der Waals surface area contributed by atoms with Crippen LogP contribution in [0.2, 0.25) is 10.0 Å². The summed E-state index contributed by atoms with van der Waals surface area (Å²) in [5.41, 5.74) is 5.00. The van der Waals surface area contributed by atoms with Gasteiger partial charge in [-0.15, -0.1) is 0 Å². The lowest BCUT2D eigenvalue weighted by atomic mass is 10.0. The van der Waals surface area contributed by atoms with Crippen molar-refractivity contribution in [2.24, 2.45) is 0 Å². The highest BCUT2D eigenvalue weighted by Gasteiger charge is 2.21. The smallest absolute Gasteiger partial charge is 0.338 e. The largest absolute Gasteiger partial charge is 0.449 e. The number of benzene rings is 4. The maximum absolute atomic E-state index is 12.9. The van der Waals surface area contributed by atoms with Gasteiger partial charge in [0.05, 0.1) is 43.7 Å². The fraction of sp³-hybridized carbons (Fsp3) is 0.0667. The van der Waals surface area contributed by atoms with Crippen LogP contribution in [0.25, 0.3) is 33.5 Å². The summed E-state index contributed by atoms with van der Waals surface area (Å²) in [6.45, 7) is 1.48. The Hall–Kier alpha value is -4.26. The Balaban J connectivity index is 1.43. The molecule has 1 unspecified atom stereocenters. The molecule has 1 atom stereocenters. The molecule has 0 saturated carbocycles. The van der Waals surface area contributed by atoms with E-state index >= 15 is 0 Å². The van der Waals surface area contributed by atoms with Crippen LogP contribution in [0.1, 0.15) is 17.3 Å². The second-order valence-electron chi connectivity index (χ2n) is 8.49. The van der Waals surface area contributed by atoms with Crippen LogP contribution in [-0.4, -0.2) is 27.9 Å². The Morgan fingerprint density at radius 2 is 1.37 bits per heavy atom. The Labute approximate surface area is 229 Å². The standard InChI is InChI=1S/C30H21Cl2N3O3/c1-18(29(36)35-24-14-8-13-22(31)26(24)32)38-30(37)21-15-16-23-25(17-21)34-28(20-11-6-3-7-12-20)27(33-23)19-9-4-2-5-10-19/h2-18H,1H3,(H,35,36). The number of esters is 1. The van der Waals surface area contributed by atoms with Gasteiger partial charge in [-0.3, -0.25) is 4.79 Å². The topological polar surface area (TPSA) is 81.2 Å². The summed E-state index contributed by atoms with van der Waals surface area (Å²) in [7, 11) is 0. The third-order valence-electron chi connectivity index (χ3n) is 5.86. The van der Waals surface area contributed by atoms with E-state index in [9.17, 15) is 9.59 Å². The summed E-state index contributed by atoms with van der Waals surface area (Å²) >= 11 is 12.1. The van der Waals surface area contributed by atoms with Gasteiger partial charge in [0.2, 0.25) is 0 Å². The van der Waals surface area contributed by atoms with E-state index in [4.69, 9.17) is 37.9 Å². The minimum Gasteiger partial charge on any atom is -0.449 e. The van der Waals surface area contributed by atoms with Crippen LogP contribution in [0, 0.1) is 0 Å². The van der Waals surface area contributed by atoms with Gasteiger partial charge < -0.3 is 10.1 Å². The summed E-state index contributed by atoms with van der Waals surface area (Å²) in [4.78, 5) is 35.3. The van der Waals surface area contributed by atoms with Gasteiger partial charge in [-0.05, 0) is 37.3 Å². The second kappa shape index (κ2) is 11.0. The molecule has 1 aromatic heterocycles. The molecule has 0 fully saturated rings. The van der Waals surface area contributed by atoms with E-state index in [-0.39, 0.29) is 10.6 Å². The molecular weight excluding hydrogens is 521 g/mol. The Morgan fingerprint density at radius 1 is 0.763 bits per heavy atom. The minimum absolute atomic E-state index is 0.207. The third kappa shape index (κ3) is 5.37. The molecule has 38 heavy (non-hydrogen) atoms. The van der Waals surface area contributed by atoms with Crippen LogP contribution in [0.3, 0.4) is 0 Å². The number of nitrogens with one attached hydrogen (secondary N) is 1. The molecule has 0 spiro atoms. The summed E-state index contributed by atoms with van der Waals surface area (Å²) in [6, 6.07) is 29.4. The van der Waals surface area contributed by atoms with Crippen molar-refractivity contribution in [3.8, 4) is 22.5 Å². The Kier molecular flexibility index (Phi) is 7.36. The number of anilines is 1. The van der Waals surface area contributed by atoms with Crippen molar-refractivity contribution in [1.82, 2.24) is 9.97 Å². The van der Waals surface area contributed by atoms with Crippen LogP contribution in [0.4, 0.5) is 5.69 Å². The van der Waals surface area contributed by atoms with Crippen LogP contribution in [0.5, 0.6) is 0 Å². The molecule has 6 nitrogen and oxygen atoms in total. The van der Waals surface area contributed by atoms with E-state index in [0.717, 1.165) is 16.8 Å². The quantitative estimate of drug-likeness (QED) is 0.225. The summed E-state index contributed by atoms with van der Waals surface area (Å²) in [5.74, 6) is -1.20. The average Bonchev–Trinajstić information content (AvgIpc) is 2.95. The number of rotatable bonds is 6. The Morgan fingerprint density at radius 3 is 2.00 bits per heavy atom. The molecule has 0 aliphatic carbocycles. The minimum atomic E-state index is -1.08. The predicted octanol–water partition coefficient (Wildman–Crippen LogP) is 7.45. The van der Waals surface area contributed by atoms with Crippen molar-refractivity contribution >= 4 is 51.8 Å². The zero-order valence-corrected chi connectivity index (χ0v) is 21.7. The van der Waals surface area contributed by atoms with E-state index in [1.54, 1.807) is 36.4 Å². The number of fused-ring (bicyclic) bond motifs is 1. The third-order valence-corrected chi connectivity index (χ3v) is 6.68. The first-order valence-corrected chi connectivity index (χ1v) is 12.5. The molecule has 1 amide bonds. The second-order valence-corrected chi connectivity index (χ2v) is 9.28. The van der Waals surface area contributed by atoms with Gasteiger partial charge in [-0.1, -0.05) is 89.9 Å². The molecule has 5 aromatic rings. The maximum Gasteiger partial charge on any atom is 0.338 e. The number of carbonyl (C=O) groups excluding carboxylic acids is 2. The molecule has 1 heterocycles. The highest BCUT2D eigenvalue weighted by molar-refractivity contribution is 6.44. The van der Waals surface area contributed by atoms with Crippen molar-refractivity contribution < 1.29 is 14.3 Å². The fourth-order valence-corrected chi connectivity index (χ4v) is 4.24. The first-order chi connectivity index (χ1) is 18.4. The maximum atomic E-state index is 12.9. The molecule has 8 heteroatoms. The lowest BCUT2D eigenvalue weighted by Gasteiger charge is -2.15. The molecular formula is C30H21Cl2N3O3. The molecule has 188 valence electrons.